The molecular formula is C36H30FN3O4S2. The molecule has 1 aromatic heterocycles. The molecular weight excluding hydrogens is 622 g/mol. The van der Waals surface area contributed by atoms with Crippen molar-refractivity contribution in [3.8, 4) is 34.2 Å². The Hall–Kier alpha value is -4.93. The van der Waals surface area contributed by atoms with E-state index in [1.165, 1.54) is 23.9 Å². The van der Waals surface area contributed by atoms with E-state index in [0.717, 1.165) is 27.9 Å². The van der Waals surface area contributed by atoms with Gasteiger partial charge in [0.25, 0.3) is 5.91 Å². The second-order valence-corrected chi connectivity index (χ2v) is 12.1. The highest BCUT2D eigenvalue weighted by molar-refractivity contribution is 8.26. The number of ether oxygens (including phenoxy) is 3. The number of methoxy groups -OCH3 is 2. The predicted molar refractivity (Wildman–Crippen MR) is 183 cm³/mol. The maximum absolute atomic E-state index is 13.6. The Balaban J connectivity index is 1.23. The van der Waals surface area contributed by atoms with Crippen molar-refractivity contribution in [1.29, 1.82) is 0 Å². The summed E-state index contributed by atoms with van der Waals surface area (Å²) in [5, 5.41) is 4.90. The molecule has 0 bridgehead atoms. The van der Waals surface area contributed by atoms with Gasteiger partial charge in [-0.05, 0) is 84.3 Å². The van der Waals surface area contributed by atoms with Crippen LogP contribution >= 0.6 is 24.0 Å². The molecule has 2 heterocycles. The third-order valence-electron chi connectivity index (χ3n) is 7.44. The number of halogens is 1. The molecule has 1 amide bonds. The maximum atomic E-state index is 13.6. The molecule has 0 spiro atoms. The molecule has 232 valence electrons. The smallest absolute Gasteiger partial charge is 0.266 e. The molecule has 0 unspecified atom stereocenters. The van der Waals surface area contributed by atoms with Crippen molar-refractivity contribution in [3.63, 3.8) is 0 Å². The highest BCUT2D eigenvalue weighted by Gasteiger charge is 2.32. The molecule has 0 saturated carbocycles. The van der Waals surface area contributed by atoms with E-state index in [2.05, 4.69) is 0 Å². The minimum Gasteiger partial charge on any atom is -0.493 e. The molecule has 46 heavy (non-hydrogen) atoms. The summed E-state index contributed by atoms with van der Waals surface area (Å²) in [6.07, 6.45) is 4.38. The van der Waals surface area contributed by atoms with E-state index in [1.807, 2.05) is 85.1 Å². The average molecular weight is 652 g/mol. The number of amides is 1. The topological polar surface area (TPSA) is 65.8 Å². The number of carbonyl (C=O) groups excluding carboxylic acids is 1. The van der Waals surface area contributed by atoms with Gasteiger partial charge in [0.05, 0.1) is 30.5 Å². The third kappa shape index (κ3) is 6.98. The number of thioether (sulfide) groups is 1. The molecule has 1 fully saturated rings. The lowest BCUT2D eigenvalue weighted by Crippen LogP contribution is -2.30. The average Bonchev–Trinajstić information content (AvgIpc) is 3.63. The van der Waals surface area contributed by atoms with Gasteiger partial charge in [0.15, 0.2) is 11.5 Å². The molecule has 10 heteroatoms. The van der Waals surface area contributed by atoms with Crippen LogP contribution in [0.25, 0.3) is 23.0 Å². The van der Waals surface area contributed by atoms with Crippen LogP contribution in [-0.4, -0.2) is 45.7 Å². The Labute approximate surface area is 276 Å². The van der Waals surface area contributed by atoms with Crippen LogP contribution in [0, 0.1) is 5.82 Å². The van der Waals surface area contributed by atoms with Crippen LogP contribution in [0.2, 0.25) is 0 Å². The van der Waals surface area contributed by atoms with E-state index in [-0.39, 0.29) is 11.7 Å². The third-order valence-corrected chi connectivity index (χ3v) is 8.82. The zero-order valence-corrected chi connectivity index (χ0v) is 26.8. The Kier molecular flexibility index (Phi) is 9.46. The van der Waals surface area contributed by atoms with Crippen LogP contribution in [0.4, 0.5) is 4.39 Å². The van der Waals surface area contributed by atoms with E-state index < -0.39 is 0 Å². The summed E-state index contributed by atoms with van der Waals surface area (Å²) in [6, 6.07) is 29.4. The summed E-state index contributed by atoms with van der Waals surface area (Å²) in [7, 11) is 3.20. The zero-order chi connectivity index (χ0) is 32.0. The van der Waals surface area contributed by atoms with Gasteiger partial charge in [-0.1, -0.05) is 60.4 Å². The van der Waals surface area contributed by atoms with E-state index in [9.17, 15) is 9.18 Å². The van der Waals surface area contributed by atoms with Gasteiger partial charge in [-0.25, -0.2) is 9.07 Å². The fourth-order valence-corrected chi connectivity index (χ4v) is 6.30. The standard InChI is InChI=1S/C36H30FN3O4S2/c1-42-31-17-10-24(20-32(31)43-2)18-19-39-35(41)33(46-36(39)45)21-27-22-40(29-6-4-3-5-7-29)38-34(27)26-11-15-30(16-12-26)44-23-25-8-13-28(37)14-9-25/h3-17,20-22H,18-19,23H2,1-2H3/b33-21-. The molecule has 0 aliphatic carbocycles. The van der Waals surface area contributed by atoms with Crippen LogP contribution in [-0.2, 0) is 17.8 Å². The second-order valence-electron chi connectivity index (χ2n) is 10.4. The van der Waals surface area contributed by atoms with Crippen LogP contribution in [0.5, 0.6) is 17.2 Å². The second kappa shape index (κ2) is 14.0. The van der Waals surface area contributed by atoms with Crippen molar-refractivity contribution in [2.24, 2.45) is 0 Å². The number of aromatic nitrogens is 2. The largest absolute Gasteiger partial charge is 0.493 e. The Morgan fingerprint density at radius 2 is 1.61 bits per heavy atom. The Morgan fingerprint density at radius 1 is 0.891 bits per heavy atom. The van der Waals surface area contributed by atoms with Crippen molar-refractivity contribution < 1.29 is 23.4 Å². The molecule has 1 saturated heterocycles. The SMILES string of the molecule is COc1ccc(CCN2C(=O)/C(=C/c3cn(-c4ccccc4)nc3-c3ccc(OCc4ccc(F)cc4)cc3)SC2=S)cc1OC. The van der Waals surface area contributed by atoms with Crippen LogP contribution in [0.1, 0.15) is 16.7 Å². The lowest BCUT2D eigenvalue weighted by Gasteiger charge is -2.15. The Morgan fingerprint density at radius 3 is 2.33 bits per heavy atom. The van der Waals surface area contributed by atoms with E-state index in [0.29, 0.717) is 51.7 Å². The van der Waals surface area contributed by atoms with Gasteiger partial charge in [0.2, 0.25) is 0 Å². The minimum atomic E-state index is -0.282. The van der Waals surface area contributed by atoms with Crippen molar-refractivity contribution in [1.82, 2.24) is 14.7 Å². The number of thiocarbonyl (C=S) groups is 1. The van der Waals surface area contributed by atoms with Crippen molar-refractivity contribution in [2.45, 2.75) is 13.0 Å². The molecule has 7 nitrogen and oxygen atoms in total. The number of nitrogens with zero attached hydrogens (tertiary/aromatic N) is 3. The molecule has 0 atom stereocenters. The summed E-state index contributed by atoms with van der Waals surface area (Å²) < 4.78 is 32.2. The van der Waals surface area contributed by atoms with E-state index >= 15 is 0 Å². The van der Waals surface area contributed by atoms with Crippen molar-refractivity contribution in [3.05, 3.63) is 131 Å². The first kappa shape index (κ1) is 31.1. The molecule has 6 rings (SSSR count). The van der Waals surface area contributed by atoms with Gasteiger partial charge in [-0.15, -0.1) is 0 Å². The fourth-order valence-electron chi connectivity index (χ4n) is 5.00. The number of rotatable bonds is 11. The fraction of sp³-hybridized carbons (Fsp3) is 0.139. The molecule has 0 radical (unpaired) electrons. The lowest BCUT2D eigenvalue weighted by atomic mass is 10.1. The van der Waals surface area contributed by atoms with Gasteiger partial charge >= 0.3 is 0 Å². The zero-order valence-electron chi connectivity index (χ0n) is 25.2. The van der Waals surface area contributed by atoms with Gasteiger partial charge in [0, 0.05) is 23.9 Å². The number of para-hydroxylation sites is 1. The van der Waals surface area contributed by atoms with Gasteiger partial charge in [-0.3, -0.25) is 9.69 Å². The molecule has 4 aromatic carbocycles. The monoisotopic (exact) mass is 651 g/mol. The predicted octanol–water partition coefficient (Wildman–Crippen LogP) is 7.72. The quantitative estimate of drug-likeness (QED) is 0.107. The highest BCUT2D eigenvalue weighted by atomic mass is 32.2. The maximum Gasteiger partial charge on any atom is 0.266 e. The number of hydrogen-bond acceptors (Lipinski definition) is 7. The summed E-state index contributed by atoms with van der Waals surface area (Å²) in [5.74, 6) is 1.54. The van der Waals surface area contributed by atoms with Gasteiger partial charge < -0.3 is 14.2 Å². The van der Waals surface area contributed by atoms with Crippen molar-refractivity contribution >= 4 is 40.3 Å². The first-order chi connectivity index (χ1) is 22.4. The first-order valence-electron chi connectivity index (χ1n) is 14.5. The van der Waals surface area contributed by atoms with Gasteiger partial charge in [-0.2, -0.15) is 5.10 Å². The Bertz CT molecular complexity index is 1890. The summed E-state index contributed by atoms with van der Waals surface area (Å²) in [6.45, 7) is 0.758. The number of hydrogen-bond donors (Lipinski definition) is 0. The first-order valence-corrected chi connectivity index (χ1v) is 15.7. The molecule has 0 N–H and O–H groups in total. The number of benzene rings is 4. The summed E-state index contributed by atoms with van der Waals surface area (Å²) >= 11 is 6.92. The summed E-state index contributed by atoms with van der Waals surface area (Å²) in [5.41, 5.74) is 5.13. The summed E-state index contributed by atoms with van der Waals surface area (Å²) in [4.78, 5) is 15.8. The molecule has 1 aliphatic heterocycles. The van der Waals surface area contributed by atoms with Crippen molar-refractivity contribution in [2.75, 3.05) is 20.8 Å². The number of carbonyl (C=O) groups is 1. The normalized spacial score (nSPS) is 13.8. The van der Waals surface area contributed by atoms with Crippen LogP contribution < -0.4 is 14.2 Å². The lowest BCUT2D eigenvalue weighted by molar-refractivity contribution is -0.122. The van der Waals surface area contributed by atoms with Crippen LogP contribution in [0.15, 0.2) is 108 Å². The molecule has 1 aliphatic rings. The minimum absolute atomic E-state index is 0.140. The van der Waals surface area contributed by atoms with E-state index in [4.69, 9.17) is 31.5 Å². The van der Waals surface area contributed by atoms with Gasteiger partial charge in [0.1, 0.15) is 22.5 Å². The highest BCUT2D eigenvalue weighted by Crippen LogP contribution is 2.36. The van der Waals surface area contributed by atoms with E-state index in [1.54, 1.807) is 35.9 Å². The van der Waals surface area contributed by atoms with Crippen LogP contribution in [0.3, 0.4) is 0 Å². The molecule has 5 aromatic rings.